The molecule has 5 nitrogen and oxygen atoms in total. The fourth-order valence-corrected chi connectivity index (χ4v) is 3.96. The van der Waals surface area contributed by atoms with Crippen molar-refractivity contribution in [1.82, 2.24) is 9.10 Å². The summed E-state index contributed by atoms with van der Waals surface area (Å²) < 4.78 is 61.3. The number of sulfonamides is 1. The summed E-state index contributed by atoms with van der Waals surface area (Å²) in [7, 11) is -2.90. The van der Waals surface area contributed by atoms with Crippen molar-refractivity contribution >= 4 is 21.6 Å². The smallest absolute Gasteiger partial charge is 0.258 e. The van der Waals surface area contributed by atoms with Crippen molar-refractivity contribution in [3.8, 4) is 5.88 Å². The highest BCUT2D eigenvalue weighted by molar-refractivity contribution is 7.89. The largest absolute Gasteiger partial charge is 0.479 e. The van der Waals surface area contributed by atoms with Gasteiger partial charge in [0.2, 0.25) is 15.9 Å². The lowest BCUT2D eigenvalue weighted by molar-refractivity contribution is 0.109. The molecule has 2 rings (SSSR count). The Kier molecular flexibility index (Phi) is 4.86. The van der Waals surface area contributed by atoms with Crippen LogP contribution in [-0.4, -0.2) is 26.3 Å². The first-order valence-electron chi connectivity index (χ1n) is 5.79. The molecule has 0 aliphatic heterocycles. The van der Waals surface area contributed by atoms with E-state index in [1.807, 2.05) is 4.72 Å². The molecule has 0 saturated carbocycles. The Balaban J connectivity index is 2.33. The molecule has 0 aliphatic carbocycles. The van der Waals surface area contributed by atoms with Gasteiger partial charge in [-0.15, -0.1) is 0 Å². The second-order valence-corrected chi connectivity index (χ2v) is 6.34. The second-order valence-electron chi connectivity index (χ2n) is 4.03. The van der Waals surface area contributed by atoms with Gasteiger partial charge in [-0.25, -0.2) is 17.2 Å². The summed E-state index contributed by atoms with van der Waals surface area (Å²) in [5.41, 5.74) is 0.179. The zero-order chi connectivity index (χ0) is 15.5. The van der Waals surface area contributed by atoms with E-state index < -0.39 is 22.5 Å². The van der Waals surface area contributed by atoms with E-state index in [0.29, 0.717) is 0 Å². The minimum absolute atomic E-state index is 0.117. The highest BCUT2D eigenvalue weighted by atomic mass is 32.2. The predicted molar refractivity (Wildman–Crippen MR) is 74.2 cm³/mol. The van der Waals surface area contributed by atoms with Gasteiger partial charge in [-0.1, -0.05) is 30.3 Å². The number of alkyl halides is 2. The lowest BCUT2D eigenvalue weighted by atomic mass is 10.1. The van der Waals surface area contributed by atoms with Crippen LogP contribution in [0.25, 0.3) is 0 Å². The minimum atomic E-state index is -4.16. The van der Waals surface area contributed by atoms with E-state index in [-0.39, 0.29) is 16.3 Å². The van der Waals surface area contributed by atoms with Crippen LogP contribution < -0.4 is 9.46 Å². The van der Waals surface area contributed by atoms with Crippen molar-refractivity contribution in [3.63, 3.8) is 0 Å². The highest BCUT2D eigenvalue weighted by Gasteiger charge is 2.31. The van der Waals surface area contributed by atoms with Crippen LogP contribution in [0.5, 0.6) is 5.88 Å². The number of methoxy groups -OCH3 is 1. The summed E-state index contributed by atoms with van der Waals surface area (Å²) in [4.78, 5) is -0.253. The monoisotopic (exact) mass is 334 g/mol. The van der Waals surface area contributed by atoms with Crippen LogP contribution in [0.15, 0.2) is 40.6 Å². The van der Waals surface area contributed by atoms with Crippen LogP contribution >= 0.6 is 11.5 Å². The normalized spacial score (nSPS) is 13.3. The van der Waals surface area contributed by atoms with Gasteiger partial charge in [0.05, 0.1) is 7.11 Å². The molecular formula is C12H12F2N2O3S2. The van der Waals surface area contributed by atoms with Crippen LogP contribution in [0.4, 0.5) is 8.78 Å². The number of halogens is 2. The van der Waals surface area contributed by atoms with Crippen molar-refractivity contribution in [3.05, 3.63) is 41.3 Å². The van der Waals surface area contributed by atoms with Crippen molar-refractivity contribution < 1.29 is 21.9 Å². The van der Waals surface area contributed by atoms with Crippen LogP contribution in [0.2, 0.25) is 0 Å². The number of nitrogens with one attached hydrogen (secondary N) is 1. The molecule has 0 saturated heterocycles. The van der Waals surface area contributed by atoms with E-state index in [1.165, 1.54) is 24.6 Å². The van der Waals surface area contributed by atoms with Crippen LogP contribution in [-0.2, 0) is 10.0 Å². The summed E-state index contributed by atoms with van der Waals surface area (Å²) >= 11 is 0.867. The van der Waals surface area contributed by atoms with E-state index in [4.69, 9.17) is 4.74 Å². The van der Waals surface area contributed by atoms with Gasteiger partial charge in [-0.2, -0.15) is 9.10 Å². The Hall–Kier alpha value is -1.58. The number of nitrogens with zero attached hydrogens (tertiary/aromatic N) is 1. The van der Waals surface area contributed by atoms with Crippen molar-refractivity contribution in [1.29, 1.82) is 0 Å². The molecule has 9 heteroatoms. The number of benzene rings is 1. The minimum Gasteiger partial charge on any atom is -0.479 e. The molecule has 1 heterocycles. The molecule has 1 unspecified atom stereocenters. The lowest BCUT2D eigenvalue weighted by Gasteiger charge is -2.18. The number of ether oxygens (including phenoxy) is 1. The van der Waals surface area contributed by atoms with E-state index in [2.05, 4.69) is 4.37 Å². The number of aromatic nitrogens is 1. The third-order valence-electron chi connectivity index (χ3n) is 2.68. The average molecular weight is 334 g/mol. The van der Waals surface area contributed by atoms with Gasteiger partial charge in [0.25, 0.3) is 6.43 Å². The Morgan fingerprint density at radius 1 is 1.29 bits per heavy atom. The maximum absolute atomic E-state index is 13.2. The Bertz CT molecular complexity index is 690. The molecule has 0 radical (unpaired) electrons. The van der Waals surface area contributed by atoms with Gasteiger partial charge >= 0.3 is 0 Å². The third-order valence-corrected chi connectivity index (χ3v) is 4.88. The maximum atomic E-state index is 13.2. The predicted octanol–water partition coefficient (Wildman–Crippen LogP) is 2.44. The van der Waals surface area contributed by atoms with Gasteiger partial charge in [-0.05, 0) is 17.1 Å². The molecule has 21 heavy (non-hydrogen) atoms. The van der Waals surface area contributed by atoms with E-state index >= 15 is 0 Å². The molecule has 0 amide bonds. The molecule has 0 fully saturated rings. The number of rotatable bonds is 6. The van der Waals surface area contributed by atoms with Gasteiger partial charge in [0.15, 0.2) is 4.90 Å². The van der Waals surface area contributed by atoms with Crippen LogP contribution in [0.3, 0.4) is 0 Å². The molecule has 1 aromatic heterocycles. The molecule has 114 valence electrons. The Morgan fingerprint density at radius 2 is 1.95 bits per heavy atom. The Morgan fingerprint density at radius 3 is 2.52 bits per heavy atom. The molecule has 2 aromatic rings. The number of hydrogen-bond donors (Lipinski definition) is 1. The SMILES string of the molecule is COc1nscc1S(=O)(=O)NC(c1ccccc1)C(F)F. The van der Waals surface area contributed by atoms with Gasteiger partial charge < -0.3 is 4.74 Å². The summed E-state index contributed by atoms with van der Waals surface area (Å²) in [5.74, 6) is -0.117. The molecule has 1 aromatic carbocycles. The standard InChI is InChI=1S/C12H12F2N2O3S2/c1-19-12-9(7-20-15-12)21(17,18)16-10(11(13)14)8-5-3-2-4-6-8/h2-7,10-11,16H,1H3. The summed E-state index contributed by atoms with van der Waals surface area (Å²) in [6.45, 7) is 0. The van der Waals surface area contributed by atoms with Crippen molar-refractivity contribution in [2.75, 3.05) is 7.11 Å². The first-order valence-corrected chi connectivity index (χ1v) is 8.11. The van der Waals surface area contributed by atoms with Crippen molar-refractivity contribution in [2.24, 2.45) is 0 Å². The lowest BCUT2D eigenvalue weighted by Crippen LogP contribution is -2.33. The fourth-order valence-electron chi connectivity index (χ4n) is 1.69. The molecule has 0 spiro atoms. The second kappa shape index (κ2) is 6.46. The highest BCUT2D eigenvalue weighted by Crippen LogP contribution is 2.28. The third kappa shape index (κ3) is 3.55. The zero-order valence-corrected chi connectivity index (χ0v) is 12.5. The molecular weight excluding hydrogens is 322 g/mol. The topological polar surface area (TPSA) is 68.3 Å². The first kappa shape index (κ1) is 15.8. The van der Waals surface area contributed by atoms with Crippen LogP contribution in [0, 0.1) is 0 Å². The number of hydrogen-bond acceptors (Lipinski definition) is 5. The first-order chi connectivity index (χ1) is 9.95. The summed E-state index contributed by atoms with van der Waals surface area (Å²) in [6, 6.07) is 6.01. The fraction of sp³-hybridized carbons (Fsp3) is 0.250. The van der Waals surface area contributed by atoms with Crippen LogP contribution in [0.1, 0.15) is 11.6 Å². The molecule has 0 aliphatic rings. The average Bonchev–Trinajstić information content (AvgIpc) is 2.95. The maximum Gasteiger partial charge on any atom is 0.258 e. The zero-order valence-electron chi connectivity index (χ0n) is 10.9. The van der Waals surface area contributed by atoms with E-state index in [9.17, 15) is 17.2 Å². The molecule has 1 atom stereocenters. The van der Waals surface area contributed by atoms with Gasteiger partial charge in [0.1, 0.15) is 6.04 Å². The van der Waals surface area contributed by atoms with E-state index in [0.717, 1.165) is 11.5 Å². The van der Waals surface area contributed by atoms with Gasteiger partial charge in [0, 0.05) is 5.38 Å². The Labute approximate surface area is 124 Å². The van der Waals surface area contributed by atoms with Gasteiger partial charge in [-0.3, -0.25) is 0 Å². The molecule has 0 bridgehead atoms. The summed E-state index contributed by atoms with van der Waals surface area (Å²) in [5, 5.41) is 1.23. The quantitative estimate of drug-likeness (QED) is 0.881. The van der Waals surface area contributed by atoms with Crippen molar-refractivity contribution in [2.45, 2.75) is 17.4 Å². The van der Waals surface area contributed by atoms with E-state index in [1.54, 1.807) is 18.2 Å². The molecule has 1 N–H and O–H groups in total. The summed E-state index contributed by atoms with van der Waals surface area (Å²) in [6.07, 6.45) is -2.89.